The molecule has 0 unspecified atom stereocenters. The Balaban J connectivity index is 3.03. The van der Waals surface area contributed by atoms with Gasteiger partial charge in [0.1, 0.15) is 5.00 Å². The molecule has 6 heteroatoms. The summed E-state index contributed by atoms with van der Waals surface area (Å²) in [6, 6.07) is 0. The zero-order valence-corrected chi connectivity index (χ0v) is 12.3. The minimum absolute atomic E-state index is 0.117. The molecule has 1 rings (SSSR count). The predicted molar refractivity (Wildman–Crippen MR) is 72.2 cm³/mol. The quantitative estimate of drug-likeness (QED) is 0.685. The first kappa shape index (κ1) is 14.2. The molecule has 4 nitrogen and oxygen atoms in total. The number of thiophene rings is 1. The van der Waals surface area contributed by atoms with Crippen molar-refractivity contribution in [3.8, 4) is 0 Å². The average Bonchev–Trinajstić information content (AvgIpc) is 2.54. The van der Waals surface area contributed by atoms with Crippen LogP contribution in [0.1, 0.15) is 27.2 Å². The first-order chi connectivity index (χ1) is 8.01. The van der Waals surface area contributed by atoms with Crippen LogP contribution in [0.3, 0.4) is 0 Å². The molecule has 0 atom stereocenters. The number of hydrogen-bond acceptors (Lipinski definition) is 4. The molecule has 1 aromatic rings. The number of carbonyl (C=O) groups is 2. The van der Waals surface area contributed by atoms with Crippen molar-refractivity contribution in [2.45, 2.75) is 20.3 Å². The van der Waals surface area contributed by atoms with Crippen molar-refractivity contribution in [2.24, 2.45) is 0 Å². The van der Waals surface area contributed by atoms with Crippen LogP contribution in [0.2, 0.25) is 0 Å². The number of halogens is 1. The smallest absolute Gasteiger partial charge is 0.341 e. The van der Waals surface area contributed by atoms with Gasteiger partial charge in [-0.05, 0) is 19.4 Å². The van der Waals surface area contributed by atoms with Crippen molar-refractivity contribution in [1.29, 1.82) is 0 Å². The maximum absolute atomic E-state index is 11.6. The highest BCUT2D eigenvalue weighted by Crippen LogP contribution is 2.32. The summed E-state index contributed by atoms with van der Waals surface area (Å²) in [6.07, 6.45) is 0.372. The molecule has 0 aliphatic rings. The second-order valence-electron chi connectivity index (χ2n) is 3.47. The van der Waals surface area contributed by atoms with E-state index in [9.17, 15) is 9.59 Å². The summed E-state index contributed by atoms with van der Waals surface area (Å²) in [4.78, 5) is 24.1. The molecule has 0 saturated carbocycles. The van der Waals surface area contributed by atoms with Crippen LogP contribution in [-0.4, -0.2) is 24.3 Å². The van der Waals surface area contributed by atoms with Gasteiger partial charge in [0.15, 0.2) is 0 Å². The van der Waals surface area contributed by atoms with E-state index in [1.807, 2.05) is 13.8 Å². The summed E-state index contributed by atoms with van der Waals surface area (Å²) in [5.74, 6) is -0.533. The lowest BCUT2D eigenvalue weighted by atomic mass is 10.1. The number of methoxy groups -OCH3 is 1. The fourth-order valence-corrected chi connectivity index (χ4v) is 2.76. The molecule has 0 aliphatic carbocycles. The molecule has 0 spiro atoms. The fraction of sp³-hybridized carbons (Fsp3) is 0.455. The van der Waals surface area contributed by atoms with Crippen molar-refractivity contribution in [3.63, 3.8) is 0 Å². The van der Waals surface area contributed by atoms with Crippen LogP contribution in [0.25, 0.3) is 0 Å². The first-order valence-electron chi connectivity index (χ1n) is 5.05. The Bertz CT molecular complexity index is 442. The molecule has 1 N–H and O–H groups in total. The number of alkyl halides is 1. The highest BCUT2D eigenvalue weighted by atomic mass is 79.9. The molecule has 0 fully saturated rings. The molecule has 1 aromatic heterocycles. The Labute approximate surface area is 112 Å². The normalized spacial score (nSPS) is 10.1. The van der Waals surface area contributed by atoms with E-state index < -0.39 is 5.97 Å². The molecule has 17 heavy (non-hydrogen) atoms. The van der Waals surface area contributed by atoms with Crippen LogP contribution in [0, 0.1) is 13.8 Å². The van der Waals surface area contributed by atoms with E-state index in [-0.39, 0.29) is 5.91 Å². The van der Waals surface area contributed by atoms with Gasteiger partial charge in [0.05, 0.1) is 12.7 Å². The number of nitrogens with one attached hydrogen (secondary N) is 1. The lowest BCUT2D eigenvalue weighted by Crippen LogP contribution is -2.14. The van der Waals surface area contributed by atoms with Gasteiger partial charge in [0.25, 0.3) is 0 Å². The van der Waals surface area contributed by atoms with Crippen molar-refractivity contribution in [2.75, 3.05) is 17.8 Å². The lowest BCUT2D eigenvalue weighted by molar-refractivity contribution is -0.115. The maximum Gasteiger partial charge on any atom is 0.341 e. The number of ether oxygens (including phenoxy) is 1. The number of carbonyl (C=O) groups excluding carboxylic acids is 2. The molecule has 1 heterocycles. The Morgan fingerprint density at radius 3 is 2.59 bits per heavy atom. The van der Waals surface area contributed by atoms with Crippen LogP contribution >= 0.6 is 27.3 Å². The van der Waals surface area contributed by atoms with Crippen LogP contribution in [0.15, 0.2) is 0 Å². The van der Waals surface area contributed by atoms with E-state index in [0.717, 1.165) is 10.4 Å². The minimum Gasteiger partial charge on any atom is -0.465 e. The number of aryl methyl sites for hydroxylation is 1. The molecule has 0 aliphatic heterocycles. The van der Waals surface area contributed by atoms with E-state index in [1.165, 1.54) is 18.4 Å². The summed E-state index contributed by atoms with van der Waals surface area (Å²) < 4.78 is 4.72. The van der Waals surface area contributed by atoms with Crippen molar-refractivity contribution >= 4 is 44.1 Å². The number of hydrogen-bond donors (Lipinski definition) is 1. The molecule has 0 bridgehead atoms. The molecular weight excluding hydrogens is 306 g/mol. The zero-order chi connectivity index (χ0) is 13.0. The molecule has 1 amide bonds. The second kappa shape index (κ2) is 6.16. The minimum atomic E-state index is -0.416. The van der Waals surface area contributed by atoms with E-state index >= 15 is 0 Å². The molecule has 0 saturated heterocycles. The summed E-state index contributed by atoms with van der Waals surface area (Å²) >= 11 is 4.59. The van der Waals surface area contributed by atoms with Gasteiger partial charge < -0.3 is 10.1 Å². The monoisotopic (exact) mass is 319 g/mol. The average molecular weight is 320 g/mol. The Morgan fingerprint density at radius 1 is 1.41 bits per heavy atom. The number of amides is 1. The third kappa shape index (κ3) is 3.29. The number of anilines is 1. The highest BCUT2D eigenvalue weighted by Gasteiger charge is 2.21. The summed E-state index contributed by atoms with van der Waals surface area (Å²) in [7, 11) is 1.33. The SMILES string of the molecule is COC(=O)c1c(NC(=O)CCBr)sc(C)c1C. The third-order valence-corrected chi connectivity index (χ3v) is 3.87. The van der Waals surface area contributed by atoms with Crippen LogP contribution < -0.4 is 5.32 Å². The van der Waals surface area contributed by atoms with Crippen LogP contribution in [0.5, 0.6) is 0 Å². The van der Waals surface area contributed by atoms with E-state index in [1.54, 1.807) is 0 Å². The van der Waals surface area contributed by atoms with Gasteiger partial charge in [-0.1, -0.05) is 15.9 Å². The van der Waals surface area contributed by atoms with Crippen molar-refractivity contribution in [3.05, 3.63) is 16.0 Å². The van der Waals surface area contributed by atoms with Crippen molar-refractivity contribution < 1.29 is 14.3 Å². The standard InChI is InChI=1S/C11H14BrNO3S/c1-6-7(2)17-10(9(6)11(15)16-3)13-8(14)4-5-12/h4-5H2,1-3H3,(H,13,14). The van der Waals surface area contributed by atoms with Crippen molar-refractivity contribution in [1.82, 2.24) is 0 Å². The zero-order valence-electron chi connectivity index (χ0n) is 9.93. The molecule has 0 radical (unpaired) electrons. The Kier molecular flexibility index (Phi) is 5.14. The van der Waals surface area contributed by atoms with Gasteiger partial charge >= 0.3 is 5.97 Å². The van der Waals surface area contributed by atoms with Crippen LogP contribution in [0.4, 0.5) is 5.00 Å². The first-order valence-corrected chi connectivity index (χ1v) is 6.99. The summed E-state index contributed by atoms with van der Waals surface area (Å²) in [5.41, 5.74) is 1.31. The largest absolute Gasteiger partial charge is 0.465 e. The highest BCUT2D eigenvalue weighted by molar-refractivity contribution is 9.09. The molecule has 0 aromatic carbocycles. The third-order valence-electron chi connectivity index (χ3n) is 2.35. The summed E-state index contributed by atoms with van der Waals surface area (Å²) in [5, 5.41) is 3.90. The van der Waals surface area contributed by atoms with Gasteiger partial charge in [-0.15, -0.1) is 11.3 Å². The Hall–Kier alpha value is -0.880. The topological polar surface area (TPSA) is 55.4 Å². The lowest BCUT2D eigenvalue weighted by Gasteiger charge is -2.04. The number of esters is 1. The maximum atomic E-state index is 11.6. The van der Waals surface area contributed by atoms with Gasteiger partial charge in [0, 0.05) is 16.6 Å². The van der Waals surface area contributed by atoms with Gasteiger partial charge in [0.2, 0.25) is 5.91 Å². The second-order valence-corrected chi connectivity index (χ2v) is 5.48. The van der Waals surface area contributed by atoms with Gasteiger partial charge in [-0.3, -0.25) is 4.79 Å². The van der Waals surface area contributed by atoms with E-state index in [4.69, 9.17) is 4.74 Å². The number of rotatable bonds is 4. The fourth-order valence-electron chi connectivity index (χ4n) is 1.34. The van der Waals surface area contributed by atoms with E-state index in [0.29, 0.717) is 22.3 Å². The predicted octanol–water partition coefficient (Wildman–Crippen LogP) is 2.88. The Morgan fingerprint density at radius 2 is 2.06 bits per heavy atom. The van der Waals surface area contributed by atoms with Gasteiger partial charge in [-0.25, -0.2) is 4.79 Å². The molecule has 94 valence electrons. The molecular formula is C11H14BrNO3S. The van der Waals surface area contributed by atoms with E-state index in [2.05, 4.69) is 21.2 Å². The summed E-state index contributed by atoms with van der Waals surface area (Å²) in [6.45, 7) is 3.75. The van der Waals surface area contributed by atoms with Gasteiger partial charge in [-0.2, -0.15) is 0 Å². The van der Waals surface area contributed by atoms with Crippen LogP contribution in [-0.2, 0) is 9.53 Å².